The molecule has 2 aromatic carbocycles. The molecule has 0 radical (unpaired) electrons. The van der Waals surface area contributed by atoms with Crippen LogP contribution in [0.3, 0.4) is 0 Å². The van der Waals surface area contributed by atoms with Crippen molar-refractivity contribution in [2.75, 3.05) is 23.7 Å². The Bertz CT molecular complexity index is 1370. The van der Waals surface area contributed by atoms with Gasteiger partial charge in [-0.05, 0) is 49.2 Å². The molecule has 3 atom stereocenters. The van der Waals surface area contributed by atoms with Crippen LogP contribution >= 0.6 is 11.6 Å². The number of halogens is 2. The van der Waals surface area contributed by atoms with E-state index in [1.165, 1.54) is 12.1 Å². The van der Waals surface area contributed by atoms with Crippen LogP contribution in [-0.4, -0.2) is 42.1 Å². The number of carbonyl (C=O) groups excluding carboxylic acids is 3. The number of amides is 3. The van der Waals surface area contributed by atoms with Gasteiger partial charge in [-0.3, -0.25) is 14.9 Å². The zero-order valence-corrected chi connectivity index (χ0v) is 21.2. The summed E-state index contributed by atoms with van der Waals surface area (Å²) in [4.78, 5) is 40.6. The van der Waals surface area contributed by atoms with Crippen molar-refractivity contribution in [2.24, 2.45) is 5.92 Å². The second kappa shape index (κ2) is 9.50. The molecule has 0 saturated carbocycles. The lowest BCUT2D eigenvalue weighted by Crippen LogP contribution is -2.49. The van der Waals surface area contributed by atoms with Crippen LogP contribution in [0.5, 0.6) is 0 Å². The maximum atomic E-state index is 14.0. The number of rotatable bonds is 1. The summed E-state index contributed by atoms with van der Waals surface area (Å²) in [5.41, 5.74) is 2.10. The number of benzene rings is 2. The lowest BCUT2D eigenvalue weighted by Gasteiger charge is -2.36. The standard InChI is InChI=1S/C27H27ClFN5O4/c28-15-5-8-20-19(11-15)27(38-26(37)33-20)9-10-34(14-27)25(36)18-3-1-2-4-23(35)31-21-12-16(29)6-7-17(21)22-13-30-24(18)32-22/h5-8,11-13,18,24,30,32H,1-4,9-10,14H2,(H,31,35)(H,33,37)/t18-,24?,27-/m0/s1. The minimum absolute atomic E-state index is 0.0690. The van der Waals surface area contributed by atoms with E-state index in [9.17, 15) is 18.8 Å². The molecule has 4 N–H and O–H groups in total. The molecule has 4 aliphatic heterocycles. The monoisotopic (exact) mass is 539 g/mol. The smallest absolute Gasteiger partial charge is 0.412 e. The molecule has 1 unspecified atom stereocenters. The van der Waals surface area contributed by atoms with Crippen molar-refractivity contribution >= 4 is 46.6 Å². The number of fused-ring (bicyclic) bond motifs is 6. The third-order valence-corrected chi connectivity index (χ3v) is 7.93. The molecule has 1 saturated heterocycles. The molecule has 4 aliphatic rings. The molecule has 4 heterocycles. The maximum absolute atomic E-state index is 14.0. The highest BCUT2D eigenvalue weighted by Gasteiger charge is 2.50. The zero-order chi connectivity index (χ0) is 26.4. The number of hydrogen-bond acceptors (Lipinski definition) is 6. The van der Waals surface area contributed by atoms with Gasteiger partial charge in [-0.25, -0.2) is 9.18 Å². The first-order valence-corrected chi connectivity index (χ1v) is 13.1. The summed E-state index contributed by atoms with van der Waals surface area (Å²) in [6.07, 6.45) is 3.35. The van der Waals surface area contributed by atoms with Crippen molar-refractivity contribution in [1.82, 2.24) is 15.5 Å². The molecule has 38 heavy (non-hydrogen) atoms. The lowest BCUT2D eigenvalue weighted by molar-refractivity contribution is -0.137. The van der Waals surface area contributed by atoms with Crippen LogP contribution in [0.25, 0.3) is 5.70 Å². The summed E-state index contributed by atoms with van der Waals surface area (Å²) in [5, 5.41) is 12.7. The Morgan fingerprint density at radius 3 is 2.84 bits per heavy atom. The Morgan fingerprint density at radius 2 is 1.97 bits per heavy atom. The van der Waals surface area contributed by atoms with Gasteiger partial charge in [-0.2, -0.15) is 0 Å². The first kappa shape index (κ1) is 24.5. The summed E-state index contributed by atoms with van der Waals surface area (Å²) >= 11 is 6.26. The van der Waals surface area contributed by atoms with Crippen molar-refractivity contribution in [2.45, 2.75) is 43.9 Å². The average molecular weight is 540 g/mol. The fourth-order valence-electron chi connectivity index (χ4n) is 5.82. The van der Waals surface area contributed by atoms with E-state index in [1.54, 1.807) is 35.4 Å². The average Bonchev–Trinajstić information content (AvgIpc) is 3.52. The van der Waals surface area contributed by atoms with Crippen LogP contribution in [-0.2, 0) is 19.9 Å². The predicted octanol–water partition coefficient (Wildman–Crippen LogP) is 4.12. The van der Waals surface area contributed by atoms with E-state index in [4.69, 9.17) is 16.3 Å². The highest BCUT2D eigenvalue weighted by molar-refractivity contribution is 6.30. The highest BCUT2D eigenvalue weighted by Crippen LogP contribution is 2.44. The molecule has 198 valence electrons. The second-order valence-electron chi connectivity index (χ2n) is 10.1. The topological polar surface area (TPSA) is 112 Å². The van der Waals surface area contributed by atoms with Crippen LogP contribution in [0.2, 0.25) is 5.02 Å². The van der Waals surface area contributed by atoms with E-state index in [-0.39, 0.29) is 30.9 Å². The summed E-state index contributed by atoms with van der Waals surface area (Å²) in [6, 6.07) is 9.47. The van der Waals surface area contributed by atoms with Crippen LogP contribution in [0.1, 0.15) is 43.2 Å². The van der Waals surface area contributed by atoms with Gasteiger partial charge in [0.05, 0.1) is 29.5 Å². The van der Waals surface area contributed by atoms with Crippen molar-refractivity contribution in [1.29, 1.82) is 0 Å². The first-order valence-electron chi connectivity index (χ1n) is 12.7. The Balaban J connectivity index is 1.26. The Morgan fingerprint density at radius 1 is 1.11 bits per heavy atom. The number of carbonyl (C=O) groups is 3. The van der Waals surface area contributed by atoms with Gasteiger partial charge < -0.3 is 25.6 Å². The summed E-state index contributed by atoms with van der Waals surface area (Å²) in [5.74, 6) is -1.16. The Kier molecular flexibility index (Phi) is 6.14. The third-order valence-electron chi connectivity index (χ3n) is 7.69. The Labute approximate surface area is 223 Å². The molecule has 11 heteroatoms. The van der Waals surface area contributed by atoms with Gasteiger partial charge in [0.2, 0.25) is 11.8 Å². The minimum Gasteiger partial charge on any atom is -0.436 e. The van der Waals surface area contributed by atoms with Crippen LogP contribution in [0.15, 0.2) is 42.6 Å². The number of anilines is 2. The van der Waals surface area contributed by atoms with Gasteiger partial charge in [-0.15, -0.1) is 0 Å². The van der Waals surface area contributed by atoms with Crippen LogP contribution < -0.4 is 21.3 Å². The predicted molar refractivity (Wildman–Crippen MR) is 139 cm³/mol. The van der Waals surface area contributed by atoms with Gasteiger partial charge in [0.1, 0.15) is 12.0 Å². The van der Waals surface area contributed by atoms with Crippen molar-refractivity contribution < 1.29 is 23.5 Å². The van der Waals surface area contributed by atoms with Crippen molar-refractivity contribution in [3.63, 3.8) is 0 Å². The highest BCUT2D eigenvalue weighted by atomic mass is 35.5. The number of nitrogens with one attached hydrogen (secondary N) is 4. The molecule has 1 fully saturated rings. The van der Waals surface area contributed by atoms with Crippen molar-refractivity contribution in [3.8, 4) is 0 Å². The molecule has 2 aromatic rings. The van der Waals surface area contributed by atoms with Gasteiger partial charge in [-0.1, -0.05) is 18.0 Å². The van der Waals surface area contributed by atoms with E-state index in [0.29, 0.717) is 59.9 Å². The summed E-state index contributed by atoms with van der Waals surface area (Å²) in [7, 11) is 0. The maximum Gasteiger partial charge on any atom is 0.412 e. The number of ether oxygens (including phenoxy) is 1. The largest absolute Gasteiger partial charge is 0.436 e. The SMILES string of the molecule is O=C1CCCC[C@H](C(=O)N2CC[C@@]3(C2)OC(=O)Nc2ccc(Cl)cc23)C2NC=C(N2)c2ccc(F)cc2N1. The molecule has 2 bridgehead atoms. The van der Waals surface area contributed by atoms with Crippen LogP contribution in [0, 0.1) is 11.7 Å². The normalized spacial score (nSPS) is 26.4. The van der Waals surface area contributed by atoms with Gasteiger partial charge in [0.15, 0.2) is 5.60 Å². The van der Waals surface area contributed by atoms with Gasteiger partial charge in [0, 0.05) is 41.7 Å². The van der Waals surface area contributed by atoms with E-state index in [0.717, 1.165) is 5.56 Å². The lowest BCUT2D eigenvalue weighted by atomic mass is 9.90. The quantitative estimate of drug-likeness (QED) is 0.434. The van der Waals surface area contributed by atoms with Crippen LogP contribution in [0.4, 0.5) is 20.6 Å². The van der Waals surface area contributed by atoms with Gasteiger partial charge in [0.25, 0.3) is 0 Å². The molecule has 3 amide bonds. The molecule has 0 aromatic heterocycles. The van der Waals surface area contributed by atoms with Gasteiger partial charge >= 0.3 is 6.09 Å². The summed E-state index contributed by atoms with van der Waals surface area (Å²) in [6.45, 7) is 0.646. The fourth-order valence-corrected chi connectivity index (χ4v) is 6.00. The van der Waals surface area contributed by atoms with E-state index in [1.807, 2.05) is 0 Å². The van der Waals surface area contributed by atoms with E-state index < -0.39 is 23.4 Å². The third kappa shape index (κ3) is 4.42. The number of nitrogens with zero attached hydrogens (tertiary/aromatic N) is 1. The molecule has 0 aliphatic carbocycles. The van der Waals surface area contributed by atoms with E-state index >= 15 is 0 Å². The number of likely N-dealkylation sites (tertiary alicyclic amines) is 1. The fraction of sp³-hybridized carbons (Fsp3) is 0.370. The molecule has 6 rings (SSSR count). The zero-order valence-electron chi connectivity index (χ0n) is 20.5. The first-order chi connectivity index (χ1) is 18.3. The van der Waals surface area contributed by atoms with E-state index in [2.05, 4.69) is 21.3 Å². The van der Waals surface area contributed by atoms with Crippen molar-refractivity contribution in [3.05, 3.63) is 64.6 Å². The Hall–Kier alpha value is -3.79. The summed E-state index contributed by atoms with van der Waals surface area (Å²) < 4.78 is 19.8. The minimum atomic E-state index is -0.968. The second-order valence-corrected chi connectivity index (χ2v) is 10.6. The number of hydrogen-bond donors (Lipinski definition) is 4. The molecule has 9 nitrogen and oxygen atoms in total. The molecule has 1 spiro atoms. The molecular formula is C27H27ClFN5O4. The molecular weight excluding hydrogens is 513 g/mol.